The van der Waals surface area contributed by atoms with E-state index in [9.17, 15) is 14.9 Å². The van der Waals surface area contributed by atoms with Crippen molar-refractivity contribution in [1.82, 2.24) is 0 Å². The number of carbonyl (C=O) groups excluding carboxylic acids is 1. The van der Waals surface area contributed by atoms with E-state index in [1.807, 2.05) is 48.6 Å². The lowest BCUT2D eigenvalue weighted by Gasteiger charge is -2.12. The molecule has 34 heavy (non-hydrogen) atoms. The number of methoxy groups -OCH3 is 3. The molecule has 3 rings (SSSR count). The Labute approximate surface area is 198 Å². The van der Waals surface area contributed by atoms with Gasteiger partial charge >= 0.3 is 0 Å². The molecule has 0 aliphatic heterocycles. The van der Waals surface area contributed by atoms with E-state index in [1.165, 1.54) is 30.3 Å². The number of benzene rings is 3. The van der Waals surface area contributed by atoms with Crippen molar-refractivity contribution in [1.29, 1.82) is 0 Å². The van der Waals surface area contributed by atoms with Crippen LogP contribution in [0.5, 0.6) is 17.2 Å². The molecule has 0 atom stereocenters. The molecule has 7 nitrogen and oxygen atoms in total. The maximum Gasteiger partial charge on any atom is 0.269 e. The van der Waals surface area contributed by atoms with Gasteiger partial charge < -0.3 is 14.2 Å². The second kappa shape index (κ2) is 11.5. The Balaban J connectivity index is 1.62. The molecule has 0 unspecified atom stereocenters. The summed E-state index contributed by atoms with van der Waals surface area (Å²) >= 11 is 0. The number of non-ortho nitro benzene ring substituents is 1. The quantitative estimate of drug-likeness (QED) is 0.126. The third-order valence-corrected chi connectivity index (χ3v) is 5.12. The molecule has 0 spiro atoms. The molecule has 0 aliphatic carbocycles. The van der Waals surface area contributed by atoms with Gasteiger partial charge in [-0.1, -0.05) is 42.5 Å². The maximum absolute atomic E-state index is 12.2. The van der Waals surface area contributed by atoms with Crippen LogP contribution in [0.4, 0.5) is 5.69 Å². The zero-order valence-electron chi connectivity index (χ0n) is 19.2. The molecule has 174 valence electrons. The third kappa shape index (κ3) is 6.10. The van der Waals surface area contributed by atoms with Crippen molar-refractivity contribution >= 4 is 23.6 Å². The number of nitro groups is 1. The van der Waals surface area contributed by atoms with Crippen molar-refractivity contribution in [3.63, 3.8) is 0 Å². The molecule has 0 aromatic heterocycles. The highest BCUT2D eigenvalue weighted by Crippen LogP contribution is 2.38. The van der Waals surface area contributed by atoms with E-state index in [1.54, 1.807) is 27.4 Å². The largest absolute Gasteiger partial charge is 0.493 e. The molecule has 0 fully saturated rings. The first kappa shape index (κ1) is 24.3. The molecule has 3 aromatic carbocycles. The zero-order chi connectivity index (χ0) is 24.5. The van der Waals surface area contributed by atoms with Crippen molar-refractivity contribution in [2.24, 2.45) is 0 Å². The van der Waals surface area contributed by atoms with Crippen LogP contribution in [0.3, 0.4) is 0 Å². The lowest BCUT2D eigenvalue weighted by molar-refractivity contribution is -0.384. The Morgan fingerprint density at radius 3 is 1.97 bits per heavy atom. The Morgan fingerprint density at radius 1 is 0.853 bits per heavy atom. The summed E-state index contributed by atoms with van der Waals surface area (Å²) in [5.41, 5.74) is 3.35. The van der Waals surface area contributed by atoms with E-state index in [-0.39, 0.29) is 11.5 Å². The molecular weight excluding hydrogens is 434 g/mol. The summed E-state index contributed by atoms with van der Waals surface area (Å²) in [7, 11) is 4.73. The van der Waals surface area contributed by atoms with E-state index in [0.29, 0.717) is 29.2 Å². The molecule has 0 heterocycles. The number of nitro benzene ring substituents is 1. The summed E-state index contributed by atoms with van der Waals surface area (Å²) in [5.74, 6) is 1.53. The molecule has 7 heteroatoms. The molecule has 3 aromatic rings. The Hall–Kier alpha value is -4.39. The van der Waals surface area contributed by atoms with Gasteiger partial charge in [-0.3, -0.25) is 14.9 Å². The summed E-state index contributed by atoms with van der Waals surface area (Å²) < 4.78 is 16.1. The minimum atomic E-state index is -0.492. The van der Waals surface area contributed by atoms with Crippen LogP contribution in [0.1, 0.15) is 27.0 Å². The van der Waals surface area contributed by atoms with E-state index in [0.717, 1.165) is 16.7 Å². The molecule has 0 aliphatic rings. The highest BCUT2D eigenvalue weighted by molar-refractivity contribution is 6.04. The molecular formula is C27H25NO6. The van der Waals surface area contributed by atoms with Crippen LogP contribution in [0.15, 0.2) is 72.8 Å². The molecule has 0 N–H and O–H groups in total. The molecule has 0 saturated heterocycles. The summed E-state index contributed by atoms with van der Waals surface area (Å²) in [5, 5.41) is 10.7. The highest BCUT2D eigenvalue weighted by atomic mass is 16.6. The standard InChI is InChI=1S/C27H25NO6/c1-32-25-17-21(18-26(33-2)27(25)34-3)12-11-20-9-7-19(8-10-20)5-4-6-24(29)22-13-15-23(16-14-22)28(30)31/h4,6-18H,5H2,1-3H3/b6-4-,12-11-. The Bertz CT molecular complexity index is 1190. The molecule has 0 amide bonds. The molecule has 0 bridgehead atoms. The van der Waals surface area contributed by atoms with Gasteiger partial charge in [0.25, 0.3) is 5.69 Å². The van der Waals surface area contributed by atoms with Gasteiger partial charge in [0.1, 0.15) is 0 Å². The fourth-order valence-corrected chi connectivity index (χ4v) is 3.30. The monoisotopic (exact) mass is 459 g/mol. The van der Waals surface area contributed by atoms with Crippen molar-refractivity contribution in [2.75, 3.05) is 21.3 Å². The number of carbonyl (C=O) groups is 1. The predicted molar refractivity (Wildman–Crippen MR) is 132 cm³/mol. The first-order valence-electron chi connectivity index (χ1n) is 10.5. The SMILES string of the molecule is COc1cc(/C=C\c2ccc(C/C=C\C(=O)c3ccc([N+](=O)[O-])cc3)cc2)cc(OC)c1OC. The highest BCUT2D eigenvalue weighted by Gasteiger charge is 2.12. The predicted octanol–water partition coefficient (Wildman–Crippen LogP) is 5.77. The third-order valence-electron chi connectivity index (χ3n) is 5.12. The van der Waals surface area contributed by atoms with Gasteiger partial charge in [0.15, 0.2) is 17.3 Å². The smallest absolute Gasteiger partial charge is 0.269 e. The van der Waals surface area contributed by atoms with Gasteiger partial charge in [-0.05, 0) is 53.5 Å². The van der Waals surface area contributed by atoms with E-state index < -0.39 is 4.92 Å². The summed E-state index contributed by atoms with van der Waals surface area (Å²) in [4.78, 5) is 22.4. The number of nitrogens with zero attached hydrogens (tertiary/aromatic N) is 1. The van der Waals surface area contributed by atoms with Gasteiger partial charge in [0.2, 0.25) is 5.75 Å². The number of allylic oxidation sites excluding steroid dienone is 2. The van der Waals surface area contributed by atoms with E-state index in [2.05, 4.69) is 0 Å². The van der Waals surface area contributed by atoms with Crippen LogP contribution in [0, 0.1) is 10.1 Å². The Morgan fingerprint density at radius 2 is 1.44 bits per heavy atom. The second-order valence-electron chi connectivity index (χ2n) is 7.31. The van der Waals surface area contributed by atoms with Gasteiger partial charge in [-0.2, -0.15) is 0 Å². The Kier molecular flexibility index (Phi) is 8.18. The summed E-state index contributed by atoms with van der Waals surface area (Å²) in [6.45, 7) is 0. The minimum Gasteiger partial charge on any atom is -0.493 e. The average molecular weight is 459 g/mol. The van der Waals surface area contributed by atoms with Crippen molar-refractivity contribution in [3.8, 4) is 17.2 Å². The topological polar surface area (TPSA) is 87.9 Å². The number of hydrogen-bond donors (Lipinski definition) is 0. The number of ether oxygens (including phenoxy) is 3. The number of hydrogen-bond acceptors (Lipinski definition) is 6. The fraction of sp³-hybridized carbons (Fsp3) is 0.148. The average Bonchev–Trinajstić information content (AvgIpc) is 2.87. The molecule has 0 radical (unpaired) electrons. The lowest BCUT2D eigenvalue weighted by Crippen LogP contribution is -1.95. The van der Waals surface area contributed by atoms with Crippen LogP contribution in [0.25, 0.3) is 12.2 Å². The van der Waals surface area contributed by atoms with Crippen LogP contribution in [0.2, 0.25) is 0 Å². The van der Waals surface area contributed by atoms with Gasteiger partial charge in [-0.15, -0.1) is 0 Å². The lowest BCUT2D eigenvalue weighted by atomic mass is 10.1. The number of ketones is 1. The second-order valence-corrected chi connectivity index (χ2v) is 7.31. The van der Waals surface area contributed by atoms with Gasteiger partial charge in [0.05, 0.1) is 26.3 Å². The van der Waals surface area contributed by atoms with E-state index in [4.69, 9.17) is 14.2 Å². The van der Waals surface area contributed by atoms with E-state index >= 15 is 0 Å². The van der Waals surface area contributed by atoms with Crippen LogP contribution in [-0.2, 0) is 6.42 Å². The van der Waals surface area contributed by atoms with Gasteiger partial charge in [-0.25, -0.2) is 0 Å². The first-order valence-corrected chi connectivity index (χ1v) is 10.5. The minimum absolute atomic E-state index is 0.0417. The van der Waals surface area contributed by atoms with Crippen molar-refractivity contribution in [2.45, 2.75) is 6.42 Å². The van der Waals surface area contributed by atoms with Crippen molar-refractivity contribution in [3.05, 3.63) is 105 Å². The number of rotatable bonds is 10. The normalized spacial score (nSPS) is 11.0. The summed E-state index contributed by atoms with van der Waals surface area (Å²) in [6, 6.07) is 17.3. The summed E-state index contributed by atoms with van der Waals surface area (Å²) in [6.07, 6.45) is 7.81. The maximum atomic E-state index is 12.2. The first-order chi connectivity index (χ1) is 16.4. The van der Waals surface area contributed by atoms with Crippen LogP contribution in [-0.4, -0.2) is 32.0 Å². The van der Waals surface area contributed by atoms with Gasteiger partial charge in [0, 0.05) is 17.7 Å². The zero-order valence-corrected chi connectivity index (χ0v) is 19.2. The van der Waals surface area contributed by atoms with Crippen molar-refractivity contribution < 1.29 is 23.9 Å². The molecule has 0 saturated carbocycles. The van der Waals surface area contributed by atoms with Crippen LogP contribution < -0.4 is 14.2 Å². The van der Waals surface area contributed by atoms with Crippen LogP contribution >= 0.6 is 0 Å². The fourth-order valence-electron chi connectivity index (χ4n) is 3.30.